The molecule has 3 aliphatic rings. The zero-order valence-electron chi connectivity index (χ0n) is 11.8. The van der Waals surface area contributed by atoms with E-state index in [2.05, 4.69) is 23.8 Å². The van der Waals surface area contributed by atoms with Crippen LogP contribution in [-0.4, -0.2) is 24.5 Å². The quantitative estimate of drug-likeness (QED) is 0.671. The van der Waals surface area contributed by atoms with Crippen molar-refractivity contribution in [2.75, 3.05) is 13.6 Å². The van der Waals surface area contributed by atoms with E-state index in [9.17, 15) is 0 Å². The lowest BCUT2D eigenvalue weighted by atomic mass is 9.89. The fraction of sp³-hybridized carbons (Fsp3) is 0.882. The van der Waals surface area contributed by atoms with Gasteiger partial charge in [0.05, 0.1) is 6.54 Å². The Bertz CT molecular complexity index is 331. The summed E-state index contributed by atoms with van der Waals surface area (Å²) in [5.41, 5.74) is 0. The first-order chi connectivity index (χ1) is 8.83. The van der Waals surface area contributed by atoms with E-state index in [-0.39, 0.29) is 0 Å². The zero-order chi connectivity index (χ0) is 12.4. The number of rotatable bonds is 2. The highest BCUT2D eigenvalue weighted by atomic mass is 15.1. The number of hydrogen-bond acceptors (Lipinski definition) is 1. The number of nitrogens with zero attached hydrogens (tertiary/aromatic N) is 1. The van der Waals surface area contributed by atoms with Crippen molar-refractivity contribution in [2.24, 2.45) is 17.8 Å². The molecule has 3 fully saturated rings. The predicted octanol–water partition coefficient (Wildman–Crippen LogP) is 3.69. The number of fused-ring (bicyclic) bond motifs is 2. The molecule has 0 aromatic carbocycles. The van der Waals surface area contributed by atoms with Crippen LogP contribution in [0.1, 0.15) is 57.8 Å². The maximum atomic E-state index is 3.59. The molecule has 0 aromatic heterocycles. The van der Waals surface area contributed by atoms with Gasteiger partial charge in [-0.05, 0) is 51.0 Å². The Labute approximate surface area is 112 Å². The lowest BCUT2D eigenvalue weighted by Gasteiger charge is -2.29. The lowest BCUT2D eigenvalue weighted by molar-refractivity contribution is 0.212. The second-order valence-electron chi connectivity index (χ2n) is 6.81. The minimum atomic E-state index is 0.753. The van der Waals surface area contributed by atoms with Crippen LogP contribution in [-0.2, 0) is 0 Å². The molecule has 3 rings (SSSR count). The average Bonchev–Trinajstić information content (AvgIpc) is 3.02. The van der Waals surface area contributed by atoms with E-state index in [1.807, 2.05) is 0 Å². The van der Waals surface area contributed by atoms with Gasteiger partial charge < -0.3 is 0 Å². The van der Waals surface area contributed by atoms with Crippen molar-refractivity contribution in [2.45, 2.75) is 63.8 Å². The summed E-state index contributed by atoms with van der Waals surface area (Å²) < 4.78 is 0. The molecule has 0 spiro atoms. The number of hydrogen-bond donors (Lipinski definition) is 0. The van der Waals surface area contributed by atoms with Gasteiger partial charge in [-0.15, -0.1) is 0 Å². The maximum absolute atomic E-state index is 3.59. The normalized spacial score (nSPS) is 35.8. The summed E-state index contributed by atoms with van der Waals surface area (Å²) in [6.45, 7) is 0.999. The van der Waals surface area contributed by atoms with E-state index in [4.69, 9.17) is 0 Å². The molecule has 0 heterocycles. The summed E-state index contributed by atoms with van der Waals surface area (Å²) in [7, 11) is 2.27. The van der Waals surface area contributed by atoms with E-state index in [1.165, 1.54) is 57.8 Å². The van der Waals surface area contributed by atoms with Gasteiger partial charge in [0.25, 0.3) is 0 Å². The van der Waals surface area contributed by atoms with Crippen molar-refractivity contribution in [1.82, 2.24) is 4.90 Å². The van der Waals surface area contributed by atoms with E-state index < -0.39 is 0 Å². The highest BCUT2D eigenvalue weighted by Crippen LogP contribution is 2.47. The molecule has 3 aliphatic carbocycles. The van der Waals surface area contributed by atoms with Gasteiger partial charge in [-0.3, -0.25) is 4.90 Å². The molecule has 1 nitrogen and oxygen atoms in total. The molecule has 0 amide bonds. The van der Waals surface area contributed by atoms with Crippen LogP contribution in [0, 0.1) is 29.6 Å². The first-order valence-corrected chi connectivity index (χ1v) is 8.01. The summed E-state index contributed by atoms with van der Waals surface area (Å²) in [6, 6.07) is 0.813. The summed E-state index contributed by atoms with van der Waals surface area (Å²) in [5.74, 6) is 9.82. The van der Waals surface area contributed by atoms with Crippen LogP contribution >= 0.6 is 0 Å². The molecule has 3 atom stereocenters. The van der Waals surface area contributed by atoms with E-state index in [0.29, 0.717) is 0 Å². The Kier molecular flexibility index (Phi) is 3.94. The van der Waals surface area contributed by atoms with Crippen molar-refractivity contribution in [3.8, 4) is 11.8 Å². The van der Waals surface area contributed by atoms with Gasteiger partial charge in [-0.1, -0.05) is 37.5 Å². The Morgan fingerprint density at radius 1 is 1.00 bits per heavy atom. The Balaban J connectivity index is 1.46. The Hall–Kier alpha value is -0.480. The van der Waals surface area contributed by atoms with Crippen molar-refractivity contribution in [3.63, 3.8) is 0 Å². The van der Waals surface area contributed by atoms with E-state index in [1.54, 1.807) is 0 Å². The zero-order valence-corrected chi connectivity index (χ0v) is 11.8. The van der Waals surface area contributed by atoms with E-state index >= 15 is 0 Å². The first kappa shape index (κ1) is 12.5. The summed E-state index contributed by atoms with van der Waals surface area (Å²) in [5, 5.41) is 0. The molecule has 0 N–H and O–H groups in total. The van der Waals surface area contributed by atoms with Gasteiger partial charge >= 0.3 is 0 Å². The van der Waals surface area contributed by atoms with Crippen molar-refractivity contribution >= 4 is 0 Å². The summed E-state index contributed by atoms with van der Waals surface area (Å²) in [4.78, 5) is 2.50. The largest absolute Gasteiger partial charge is 0.292 e. The minimum Gasteiger partial charge on any atom is -0.292 e. The van der Waals surface area contributed by atoms with Gasteiger partial charge in [-0.25, -0.2) is 0 Å². The minimum absolute atomic E-state index is 0.753. The van der Waals surface area contributed by atoms with Gasteiger partial charge in [0, 0.05) is 12.0 Å². The molecule has 0 radical (unpaired) electrons. The van der Waals surface area contributed by atoms with Gasteiger partial charge in [0.1, 0.15) is 0 Å². The third kappa shape index (κ3) is 2.75. The molecule has 0 unspecified atom stereocenters. The molecule has 1 heteroatoms. The second kappa shape index (κ2) is 5.66. The topological polar surface area (TPSA) is 3.24 Å². The fourth-order valence-corrected chi connectivity index (χ4v) is 4.37. The van der Waals surface area contributed by atoms with Crippen molar-refractivity contribution < 1.29 is 0 Å². The summed E-state index contributed by atoms with van der Waals surface area (Å²) in [6.07, 6.45) is 12.9. The van der Waals surface area contributed by atoms with Crippen LogP contribution in [0.4, 0.5) is 0 Å². The van der Waals surface area contributed by atoms with Gasteiger partial charge in [-0.2, -0.15) is 0 Å². The standard InChI is InChI=1S/C17H27N/c1-18(17-7-3-2-4-8-17)11-5-6-15-12-14-9-10-16(15)13-14/h14-17H,2-4,7-13H2,1H3/t14-,15+,16+/m0/s1. The molecule has 0 aromatic rings. The highest BCUT2D eigenvalue weighted by molar-refractivity contribution is 5.11. The molecule has 18 heavy (non-hydrogen) atoms. The molecular weight excluding hydrogens is 218 g/mol. The monoisotopic (exact) mass is 245 g/mol. The predicted molar refractivity (Wildman–Crippen MR) is 76.2 cm³/mol. The van der Waals surface area contributed by atoms with Crippen molar-refractivity contribution in [1.29, 1.82) is 0 Å². The molecule has 3 saturated carbocycles. The van der Waals surface area contributed by atoms with Crippen molar-refractivity contribution in [3.05, 3.63) is 0 Å². The fourth-order valence-electron chi connectivity index (χ4n) is 4.37. The highest BCUT2D eigenvalue weighted by Gasteiger charge is 2.38. The first-order valence-electron chi connectivity index (χ1n) is 8.01. The Morgan fingerprint density at radius 3 is 2.50 bits per heavy atom. The van der Waals surface area contributed by atoms with Gasteiger partial charge in [0.2, 0.25) is 0 Å². The van der Waals surface area contributed by atoms with Crippen LogP contribution in [0.5, 0.6) is 0 Å². The van der Waals surface area contributed by atoms with Crippen LogP contribution in [0.15, 0.2) is 0 Å². The van der Waals surface area contributed by atoms with Crippen LogP contribution in [0.3, 0.4) is 0 Å². The Morgan fingerprint density at radius 2 is 1.83 bits per heavy atom. The SMILES string of the molecule is CN(CC#C[C@@H]1C[C@@H]2CC[C@@H]1C2)C1CCCCC1. The summed E-state index contributed by atoms with van der Waals surface area (Å²) >= 11 is 0. The van der Waals surface area contributed by atoms with Gasteiger partial charge in [0.15, 0.2) is 0 Å². The van der Waals surface area contributed by atoms with Crippen LogP contribution in [0.2, 0.25) is 0 Å². The lowest BCUT2D eigenvalue weighted by Crippen LogP contribution is -2.33. The van der Waals surface area contributed by atoms with Crippen LogP contribution in [0.25, 0.3) is 0 Å². The smallest absolute Gasteiger partial charge is 0.0601 e. The van der Waals surface area contributed by atoms with E-state index in [0.717, 1.165) is 30.3 Å². The molecular formula is C17H27N. The molecule has 0 saturated heterocycles. The maximum Gasteiger partial charge on any atom is 0.0601 e. The molecule has 2 bridgehead atoms. The molecule has 0 aliphatic heterocycles. The average molecular weight is 245 g/mol. The third-order valence-corrected chi connectivity index (χ3v) is 5.55. The van der Waals surface area contributed by atoms with Crippen LogP contribution < -0.4 is 0 Å². The molecule has 100 valence electrons. The second-order valence-corrected chi connectivity index (χ2v) is 6.81. The third-order valence-electron chi connectivity index (χ3n) is 5.55.